The first-order valence-corrected chi connectivity index (χ1v) is 7.29. The van der Waals surface area contributed by atoms with Crippen LogP contribution in [-0.2, 0) is 11.2 Å². The molecule has 0 aliphatic rings. The predicted octanol–water partition coefficient (Wildman–Crippen LogP) is 2.87. The fourth-order valence-electron chi connectivity index (χ4n) is 1.77. The van der Waals surface area contributed by atoms with Crippen molar-refractivity contribution in [3.63, 3.8) is 0 Å². The van der Waals surface area contributed by atoms with Gasteiger partial charge in [-0.25, -0.2) is 9.18 Å². The number of amides is 1. The molecule has 2 N–H and O–H groups in total. The van der Waals surface area contributed by atoms with Crippen LogP contribution in [0.2, 0.25) is 0 Å². The molecular weight excluding hydrogens is 271 g/mol. The maximum atomic E-state index is 13.0. The molecule has 1 aromatic rings. The molecule has 0 heterocycles. The largest absolute Gasteiger partial charge is 0.444 e. The minimum absolute atomic E-state index is 0.200. The van der Waals surface area contributed by atoms with E-state index < -0.39 is 5.60 Å². The first-order valence-electron chi connectivity index (χ1n) is 7.29. The molecule has 0 bridgehead atoms. The van der Waals surface area contributed by atoms with E-state index in [0.29, 0.717) is 6.54 Å². The zero-order valence-corrected chi connectivity index (χ0v) is 13.0. The molecule has 0 aromatic heterocycles. The van der Waals surface area contributed by atoms with E-state index in [9.17, 15) is 9.18 Å². The summed E-state index contributed by atoms with van der Waals surface area (Å²) in [7, 11) is 0. The Bertz CT molecular complexity index is 444. The van der Waals surface area contributed by atoms with Crippen molar-refractivity contribution in [1.82, 2.24) is 10.6 Å². The number of hydrogen-bond donors (Lipinski definition) is 2. The van der Waals surface area contributed by atoms with Gasteiger partial charge in [0.05, 0.1) is 0 Å². The second-order valence-corrected chi connectivity index (χ2v) is 5.91. The highest BCUT2D eigenvalue weighted by molar-refractivity contribution is 5.67. The van der Waals surface area contributed by atoms with Crippen LogP contribution in [0.3, 0.4) is 0 Å². The van der Waals surface area contributed by atoms with Crippen molar-refractivity contribution in [3.8, 4) is 0 Å². The Hall–Kier alpha value is -1.62. The van der Waals surface area contributed by atoms with E-state index in [4.69, 9.17) is 4.74 Å². The van der Waals surface area contributed by atoms with Gasteiger partial charge in [0.15, 0.2) is 0 Å². The highest BCUT2D eigenvalue weighted by Crippen LogP contribution is 2.06. The van der Waals surface area contributed by atoms with E-state index in [0.717, 1.165) is 31.5 Å². The summed E-state index contributed by atoms with van der Waals surface area (Å²) in [5.41, 5.74) is 0.516. The summed E-state index contributed by atoms with van der Waals surface area (Å²) in [6.45, 7) is 7.66. The molecule has 0 aliphatic heterocycles. The lowest BCUT2D eigenvalue weighted by Crippen LogP contribution is -2.34. The van der Waals surface area contributed by atoms with Crippen molar-refractivity contribution in [2.24, 2.45) is 0 Å². The van der Waals surface area contributed by atoms with Gasteiger partial charge in [0.2, 0.25) is 0 Å². The number of nitrogens with one attached hydrogen (secondary N) is 2. The van der Waals surface area contributed by atoms with Crippen LogP contribution in [0.25, 0.3) is 0 Å². The van der Waals surface area contributed by atoms with Crippen LogP contribution in [-0.4, -0.2) is 31.3 Å². The minimum Gasteiger partial charge on any atom is -0.444 e. The molecule has 1 amide bonds. The van der Waals surface area contributed by atoms with E-state index in [1.165, 1.54) is 6.07 Å². The molecule has 118 valence electrons. The lowest BCUT2D eigenvalue weighted by atomic mass is 10.1. The quantitative estimate of drug-likeness (QED) is 0.761. The number of carbonyl (C=O) groups is 1. The summed E-state index contributed by atoms with van der Waals surface area (Å²) in [6.07, 6.45) is 1.22. The Kier molecular flexibility index (Phi) is 7.15. The summed E-state index contributed by atoms with van der Waals surface area (Å²) < 4.78 is 18.1. The summed E-state index contributed by atoms with van der Waals surface area (Å²) in [4.78, 5) is 11.4. The molecular formula is C16H25FN2O2. The van der Waals surface area contributed by atoms with Gasteiger partial charge in [0.1, 0.15) is 11.4 Å². The van der Waals surface area contributed by atoms with E-state index in [1.54, 1.807) is 12.1 Å². The zero-order chi connectivity index (χ0) is 15.7. The molecule has 21 heavy (non-hydrogen) atoms. The standard InChI is InChI=1S/C16H25FN2O2/c1-16(2,3)21-15(20)19-10-5-9-18-11-8-13-6-4-7-14(17)12-13/h4,6-7,12,18H,5,8-11H2,1-3H3,(H,19,20). The normalized spacial score (nSPS) is 11.2. The molecule has 1 rings (SSSR count). The maximum absolute atomic E-state index is 13.0. The highest BCUT2D eigenvalue weighted by Gasteiger charge is 2.15. The second kappa shape index (κ2) is 8.62. The number of hydrogen-bond acceptors (Lipinski definition) is 3. The molecule has 0 aliphatic carbocycles. The molecule has 0 saturated heterocycles. The van der Waals surface area contributed by atoms with E-state index >= 15 is 0 Å². The van der Waals surface area contributed by atoms with Gasteiger partial charge in [0, 0.05) is 6.54 Å². The maximum Gasteiger partial charge on any atom is 0.407 e. The van der Waals surface area contributed by atoms with Crippen molar-refractivity contribution in [2.45, 2.75) is 39.2 Å². The lowest BCUT2D eigenvalue weighted by molar-refractivity contribution is 0.0527. The van der Waals surface area contributed by atoms with Crippen molar-refractivity contribution >= 4 is 6.09 Å². The molecule has 0 spiro atoms. The van der Waals surface area contributed by atoms with E-state index in [1.807, 2.05) is 26.8 Å². The van der Waals surface area contributed by atoms with Crippen LogP contribution in [0.1, 0.15) is 32.8 Å². The van der Waals surface area contributed by atoms with Crippen LogP contribution in [0.5, 0.6) is 0 Å². The third-order valence-electron chi connectivity index (χ3n) is 2.68. The van der Waals surface area contributed by atoms with Crippen molar-refractivity contribution in [2.75, 3.05) is 19.6 Å². The number of alkyl carbamates (subject to hydrolysis) is 1. The smallest absolute Gasteiger partial charge is 0.407 e. The Balaban J connectivity index is 2.01. The van der Waals surface area contributed by atoms with Gasteiger partial charge < -0.3 is 15.4 Å². The molecule has 0 radical (unpaired) electrons. The number of carbonyl (C=O) groups excluding carboxylic acids is 1. The highest BCUT2D eigenvalue weighted by atomic mass is 19.1. The average molecular weight is 296 g/mol. The molecule has 0 saturated carbocycles. The van der Waals surface area contributed by atoms with Gasteiger partial charge in [-0.2, -0.15) is 0 Å². The van der Waals surface area contributed by atoms with Crippen molar-refractivity contribution in [1.29, 1.82) is 0 Å². The third kappa shape index (κ3) is 9.02. The minimum atomic E-state index is -0.465. The number of rotatable bonds is 7. The number of benzene rings is 1. The lowest BCUT2D eigenvalue weighted by Gasteiger charge is -2.19. The fourth-order valence-corrected chi connectivity index (χ4v) is 1.77. The van der Waals surface area contributed by atoms with Gasteiger partial charge in [-0.1, -0.05) is 12.1 Å². The molecule has 4 nitrogen and oxygen atoms in total. The molecule has 0 fully saturated rings. The topological polar surface area (TPSA) is 50.4 Å². The Morgan fingerprint density at radius 2 is 2.00 bits per heavy atom. The Morgan fingerprint density at radius 1 is 1.24 bits per heavy atom. The Labute approximate surface area is 126 Å². The zero-order valence-electron chi connectivity index (χ0n) is 13.0. The molecule has 5 heteroatoms. The van der Waals surface area contributed by atoms with Crippen LogP contribution < -0.4 is 10.6 Å². The fraction of sp³-hybridized carbons (Fsp3) is 0.562. The Morgan fingerprint density at radius 3 is 2.67 bits per heavy atom. The van der Waals surface area contributed by atoms with Crippen molar-refractivity contribution < 1.29 is 13.9 Å². The van der Waals surface area contributed by atoms with Crippen LogP contribution in [0.4, 0.5) is 9.18 Å². The number of halogens is 1. The predicted molar refractivity (Wildman–Crippen MR) is 81.8 cm³/mol. The SMILES string of the molecule is CC(C)(C)OC(=O)NCCCNCCc1cccc(F)c1. The van der Waals surface area contributed by atoms with Gasteiger partial charge in [-0.15, -0.1) is 0 Å². The molecule has 0 unspecified atom stereocenters. The molecule has 1 aromatic carbocycles. The van der Waals surface area contributed by atoms with Crippen molar-refractivity contribution in [3.05, 3.63) is 35.6 Å². The van der Waals surface area contributed by atoms with Gasteiger partial charge in [0.25, 0.3) is 0 Å². The van der Waals surface area contributed by atoms with E-state index in [-0.39, 0.29) is 11.9 Å². The summed E-state index contributed by atoms with van der Waals surface area (Å²) in [6, 6.07) is 6.62. The second-order valence-electron chi connectivity index (χ2n) is 5.91. The van der Waals surface area contributed by atoms with Gasteiger partial charge in [-0.3, -0.25) is 0 Å². The monoisotopic (exact) mass is 296 g/mol. The van der Waals surface area contributed by atoms with Gasteiger partial charge >= 0.3 is 6.09 Å². The van der Waals surface area contributed by atoms with Crippen LogP contribution in [0, 0.1) is 5.82 Å². The summed E-state index contributed by atoms with van der Waals surface area (Å²) in [5.74, 6) is -0.200. The first-order chi connectivity index (χ1) is 9.87. The van der Waals surface area contributed by atoms with Crippen LogP contribution >= 0.6 is 0 Å². The number of ether oxygens (including phenoxy) is 1. The third-order valence-corrected chi connectivity index (χ3v) is 2.68. The average Bonchev–Trinajstić information content (AvgIpc) is 2.35. The summed E-state index contributed by atoms with van der Waals surface area (Å²) >= 11 is 0. The summed E-state index contributed by atoms with van der Waals surface area (Å²) in [5, 5.41) is 5.97. The van der Waals surface area contributed by atoms with Crippen LogP contribution in [0.15, 0.2) is 24.3 Å². The first kappa shape index (κ1) is 17.4. The van der Waals surface area contributed by atoms with E-state index in [2.05, 4.69) is 10.6 Å². The van der Waals surface area contributed by atoms with Gasteiger partial charge in [-0.05, 0) is 64.4 Å². The molecule has 0 atom stereocenters.